The number of hydrogen-bond donors (Lipinski definition) is 2. The molecule has 2 N–H and O–H groups in total. The molecule has 108 valence electrons. The normalized spacial score (nSPS) is 9.95. The molecule has 1 aromatic heterocycles. The largest absolute Gasteiger partial charge is 0.350 e. The van der Waals surface area contributed by atoms with Gasteiger partial charge in [-0.25, -0.2) is 0 Å². The summed E-state index contributed by atoms with van der Waals surface area (Å²) in [6, 6.07) is 12.6. The van der Waals surface area contributed by atoms with Crippen molar-refractivity contribution in [1.82, 2.24) is 10.3 Å². The maximum atomic E-state index is 11.7. The predicted octanol–water partition coefficient (Wildman–Crippen LogP) is 2.49. The molecule has 0 unspecified atom stereocenters. The van der Waals surface area contributed by atoms with Gasteiger partial charge in [0, 0.05) is 16.4 Å². The molecule has 6 heteroatoms. The van der Waals surface area contributed by atoms with Crippen molar-refractivity contribution in [3.05, 3.63) is 58.8 Å². The summed E-state index contributed by atoms with van der Waals surface area (Å²) in [7, 11) is 0. The Kier molecular flexibility index (Phi) is 5.45. The van der Waals surface area contributed by atoms with Crippen LogP contribution in [0.4, 0.5) is 5.69 Å². The van der Waals surface area contributed by atoms with Crippen molar-refractivity contribution in [1.29, 1.82) is 0 Å². The lowest BCUT2D eigenvalue weighted by molar-refractivity contribution is -0.126. The molecule has 0 spiro atoms. The fourth-order valence-electron chi connectivity index (χ4n) is 1.64. The minimum Gasteiger partial charge on any atom is -0.350 e. The molecule has 1 aromatic carbocycles. The number of hydrogen-bond acceptors (Lipinski definition) is 3. The minimum atomic E-state index is -0.351. The highest BCUT2D eigenvalue weighted by Gasteiger charge is 2.09. The predicted molar refractivity (Wildman–Crippen MR) is 83.5 cm³/mol. The van der Waals surface area contributed by atoms with Crippen LogP contribution >= 0.6 is 15.9 Å². The highest BCUT2D eigenvalue weighted by atomic mass is 79.9. The van der Waals surface area contributed by atoms with Crippen molar-refractivity contribution in [2.24, 2.45) is 0 Å². The van der Waals surface area contributed by atoms with Crippen molar-refractivity contribution in [3.8, 4) is 0 Å². The van der Waals surface area contributed by atoms with E-state index in [1.54, 1.807) is 24.4 Å². The Morgan fingerprint density at radius 1 is 1.05 bits per heavy atom. The molecule has 0 fully saturated rings. The Morgan fingerprint density at radius 2 is 1.81 bits per heavy atom. The zero-order valence-electron chi connectivity index (χ0n) is 11.2. The molecule has 0 atom stereocenters. The lowest BCUT2D eigenvalue weighted by Crippen LogP contribution is -2.28. The monoisotopic (exact) mass is 347 g/mol. The van der Waals surface area contributed by atoms with E-state index < -0.39 is 0 Å². The van der Waals surface area contributed by atoms with Crippen molar-refractivity contribution in [2.45, 2.75) is 13.0 Å². The van der Waals surface area contributed by atoms with Gasteiger partial charge < -0.3 is 10.6 Å². The molecule has 2 rings (SSSR count). The van der Waals surface area contributed by atoms with E-state index in [0.717, 1.165) is 10.2 Å². The van der Waals surface area contributed by atoms with Crippen LogP contribution in [0.3, 0.4) is 0 Å². The van der Waals surface area contributed by atoms with Gasteiger partial charge in [0.1, 0.15) is 6.42 Å². The van der Waals surface area contributed by atoms with E-state index in [9.17, 15) is 9.59 Å². The molecular formula is C15H14BrN3O2. The van der Waals surface area contributed by atoms with Crippen LogP contribution in [0.15, 0.2) is 53.1 Å². The SMILES string of the molecule is O=C(CC(=O)Nc1ccc(Br)cc1)NCc1ccccn1. The van der Waals surface area contributed by atoms with Crippen molar-refractivity contribution < 1.29 is 9.59 Å². The highest BCUT2D eigenvalue weighted by Crippen LogP contribution is 2.14. The van der Waals surface area contributed by atoms with Gasteiger partial charge in [-0.05, 0) is 36.4 Å². The number of benzene rings is 1. The Hall–Kier alpha value is -2.21. The van der Waals surface area contributed by atoms with Crippen molar-refractivity contribution in [3.63, 3.8) is 0 Å². The van der Waals surface area contributed by atoms with Crippen LogP contribution in [-0.4, -0.2) is 16.8 Å². The Bertz CT molecular complexity index is 615. The first-order valence-corrected chi connectivity index (χ1v) is 7.15. The summed E-state index contributed by atoms with van der Waals surface area (Å²) in [6.45, 7) is 0.311. The number of anilines is 1. The van der Waals surface area contributed by atoms with Crippen molar-refractivity contribution in [2.75, 3.05) is 5.32 Å². The van der Waals surface area contributed by atoms with Gasteiger partial charge in [-0.1, -0.05) is 22.0 Å². The van der Waals surface area contributed by atoms with Gasteiger partial charge in [0.2, 0.25) is 11.8 Å². The van der Waals surface area contributed by atoms with Crippen LogP contribution in [-0.2, 0) is 16.1 Å². The fourth-order valence-corrected chi connectivity index (χ4v) is 1.90. The zero-order chi connectivity index (χ0) is 15.1. The first kappa shape index (κ1) is 15.2. The molecule has 2 aromatic rings. The maximum Gasteiger partial charge on any atom is 0.233 e. The molecule has 0 radical (unpaired) electrons. The topological polar surface area (TPSA) is 71.1 Å². The van der Waals surface area contributed by atoms with Gasteiger partial charge >= 0.3 is 0 Å². The number of nitrogens with one attached hydrogen (secondary N) is 2. The summed E-state index contributed by atoms with van der Waals surface area (Å²) in [5.74, 6) is -0.689. The Balaban J connectivity index is 1.77. The summed E-state index contributed by atoms with van der Waals surface area (Å²) in [4.78, 5) is 27.5. The summed E-state index contributed by atoms with van der Waals surface area (Å²) in [5, 5.41) is 5.32. The van der Waals surface area contributed by atoms with E-state index in [4.69, 9.17) is 0 Å². The summed E-state index contributed by atoms with van der Waals surface area (Å²) < 4.78 is 0.925. The standard InChI is InChI=1S/C15H14BrN3O2/c16-11-4-6-12(7-5-11)19-15(21)9-14(20)18-10-13-3-1-2-8-17-13/h1-8H,9-10H2,(H,18,20)(H,19,21). The van der Waals surface area contributed by atoms with Crippen LogP contribution in [0, 0.1) is 0 Å². The first-order valence-electron chi connectivity index (χ1n) is 6.35. The highest BCUT2D eigenvalue weighted by molar-refractivity contribution is 9.10. The van der Waals surface area contributed by atoms with E-state index in [1.165, 1.54) is 0 Å². The number of halogens is 1. The lowest BCUT2D eigenvalue weighted by Gasteiger charge is -2.06. The van der Waals surface area contributed by atoms with Gasteiger partial charge in [0.25, 0.3) is 0 Å². The number of pyridine rings is 1. The molecule has 0 aliphatic carbocycles. The Labute approximate surface area is 130 Å². The third-order valence-electron chi connectivity index (χ3n) is 2.64. The summed E-state index contributed by atoms with van der Waals surface area (Å²) in [5.41, 5.74) is 1.40. The first-order chi connectivity index (χ1) is 10.1. The second kappa shape index (κ2) is 7.54. The molecule has 21 heavy (non-hydrogen) atoms. The zero-order valence-corrected chi connectivity index (χ0v) is 12.8. The molecule has 0 aliphatic rings. The van der Waals surface area contributed by atoms with Crippen LogP contribution in [0.25, 0.3) is 0 Å². The molecule has 0 saturated carbocycles. The number of aromatic nitrogens is 1. The lowest BCUT2D eigenvalue weighted by atomic mass is 10.3. The van der Waals surface area contributed by atoms with Crippen LogP contribution in [0.1, 0.15) is 12.1 Å². The molecular weight excluding hydrogens is 334 g/mol. The van der Waals surface area contributed by atoms with Gasteiger partial charge in [-0.3, -0.25) is 14.6 Å². The third kappa shape index (κ3) is 5.35. The molecule has 5 nitrogen and oxygen atoms in total. The summed E-state index contributed by atoms with van der Waals surface area (Å²) >= 11 is 3.31. The Morgan fingerprint density at radius 3 is 2.48 bits per heavy atom. The number of rotatable bonds is 5. The average molecular weight is 348 g/mol. The second-order valence-corrected chi connectivity index (χ2v) is 5.25. The summed E-state index contributed by atoms with van der Waals surface area (Å²) in [6.07, 6.45) is 1.44. The molecule has 2 amide bonds. The van der Waals surface area contributed by atoms with E-state index >= 15 is 0 Å². The third-order valence-corrected chi connectivity index (χ3v) is 3.17. The maximum absolute atomic E-state index is 11.7. The average Bonchev–Trinajstić information content (AvgIpc) is 2.48. The number of nitrogens with zero attached hydrogens (tertiary/aromatic N) is 1. The van der Waals surface area contributed by atoms with E-state index in [1.807, 2.05) is 24.3 Å². The van der Waals surface area contributed by atoms with Gasteiger partial charge in [0.05, 0.1) is 12.2 Å². The second-order valence-electron chi connectivity index (χ2n) is 4.33. The van der Waals surface area contributed by atoms with Gasteiger partial charge in [-0.2, -0.15) is 0 Å². The van der Waals surface area contributed by atoms with E-state index in [0.29, 0.717) is 12.2 Å². The van der Waals surface area contributed by atoms with Crippen LogP contribution in [0.5, 0.6) is 0 Å². The van der Waals surface area contributed by atoms with E-state index in [-0.39, 0.29) is 18.2 Å². The van der Waals surface area contributed by atoms with Crippen LogP contribution < -0.4 is 10.6 Å². The fraction of sp³-hybridized carbons (Fsp3) is 0.133. The molecule has 0 bridgehead atoms. The van der Waals surface area contributed by atoms with E-state index in [2.05, 4.69) is 31.5 Å². The smallest absolute Gasteiger partial charge is 0.233 e. The van der Waals surface area contributed by atoms with Gasteiger partial charge in [-0.15, -0.1) is 0 Å². The van der Waals surface area contributed by atoms with Gasteiger partial charge in [0.15, 0.2) is 0 Å². The number of carbonyl (C=O) groups is 2. The quantitative estimate of drug-likeness (QED) is 0.816. The minimum absolute atomic E-state index is 0.219. The molecule has 1 heterocycles. The molecule has 0 saturated heterocycles. The van der Waals surface area contributed by atoms with Crippen molar-refractivity contribution >= 4 is 33.4 Å². The van der Waals surface area contributed by atoms with Crippen LogP contribution in [0.2, 0.25) is 0 Å². The number of carbonyl (C=O) groups excluding carboxylic acids is 2. The number of amides is 2. The molecule has 0 aliphatic heterocycles.